The number of nitro groups is 1. The maximum atomic E-state index is 11.9. The second-order valence-electron chi connectivity index (χ2n) is 4.42. The van der Waals surface area contributed by atoms with Gasteiger partial charge in [-0.15, -0.1) is 0 Å². The molecule has 8 nitrogen and oxygen atoms in total. The molecule has 0 amide bonds. The van der Waals surface area contributed by atoms with Crippen LogP contribution in [0.15, 0.2) is 24.3 Å². The first-order chi connectivity index (χ1) is 10.4. The second kappa shape index (κ2) is 7.96. The Morgan fingerprint density at radius 1 is 1.09 bits per heavy atom. The molecule has 0 N–H and O–H groups in total. The highest BCUT2D eigenvalue weighted by Crippen LogP contribution is 2.29. The average molecular weight is 311 g/mol. The van der Waals surface area contributed by atoms with Gasteiger partial charge in [-0.1, -0.05) is 12.1 Å². The molecule has 0 fully saturated rings. The lowest BCUT2D eigenvalue weighted by molar-refractivity contribution is -0.484. The summed E-state index contributed by atoms with van der Waals surface area (Å²) < 4.78 is 14.2. The average Bonchev–Trinajstić information content (AvgIpc) is 2.53. The van der Waals surface area contributed by atoms with Crippen molar-refractivity contribution in [3.05, 3.63) is 39.9 Å². The fourth-order valence-electron chi connectivity index (χ4n) is 2.09. The predicted molar refractivity (Wildman–Crippen MR) is 75.1 cm³/mol. The summed E-state index contributed by atoms with van der Waals surface area (Å²) in [6, 6.07) is 6.31. The largest absolute Gasteiger partial charge is 0.497 e. The van der Waals surface area contributed by atoms with Crippen LogP contribution in [-0.2, 0) is 19.1 Å². The highest BCUT2D eigenvalue weighted by Gasteiger charge is 2.40. The molecule has 0 heterocycles. The number of rotatable bonds is 7. The van der Waals surface area contributed by atoms with Crippen LogP contribution in [0, 0.1) is 16.0 Å². The van der Waals surface area contributed by atoms with E-state index in [2.05, 4.69) is 9.47 Å². The van der Waals surface area contributed by atoms with E-state index < -0.39 is 35.2 Å². The van der Waals surface area contributed by atoms with Crippen LogP contribution in [0.3, 0.4) is 0 Å². The van der Waals surface area contributed by atoms with Crippen LogP contribution < -0.4 is 4.74 Å². The minimum atomic E-state index is -1.41. The topological polar surface area (TPSA) is 105 Å². The summed E-state index contributed by atoms with van der Waals surface area (Å²) >= 11 is 0. The van der Waals surface area contributed by atoms with Gasteiger partial charge in [0.2, 0.25) is 6.54 Å². The van der Waals surface area contributed by atoms with Crippen LogP contribution in [0.1, 0.15) is 11.5 Å². The molecular formula is C14H17NO7. The van der Waals surface area contributed by atoms with Gasteiger partial charge in [0.05, 0.1) is 27.2 Å². The van der Waals surface area contributed by atoms with Gasteiger partial charge in [0, 0.05) is 4.92 Å². The number of carbonyl (C=O) groups is 2. The van der Waals surface area contributed by atoms with Gasteiger partial charge in [-0.3, -0.25) is 19.7 Å². The third-order valence-electron chi connectivity index (χ3n) is 3.20. The van der Waals surface area contributed by atoms with E-state index >= 15 is 0 Å². The molecule has 1 aromatic carbocycles. The van der Waals surface area contributed by atoms with E-state index in [1.807, 2.05) is 0 Å². The highest BCUT2D eigenvalue weighted by atomic mass is 16.6. The van der Waals surface area contributed by atoms with Crippen molar-refractivity contribution in [2.45, 2.75) is 5.92 Å². The molecule has 8 heteroatoms. The molecule has 0 saturated carbocycles. The van der Waals surface area contributed by atoms with Crippen LogP contribution >= 0.6 is 0 Å². The maximum absolute atomic E-state index is 11.9. The molecule has 0 aliphatic carbocycles. The fraction of sp³-hybridized carbons (Fsp3) is 0.429. The van der Waals surface area contributed by atoms with E-state index in [-0.39, 0.29) is 0 Å². The summed E-state index contributed by atoms with van der Waals surface area (Å²) in [6.45, 7) is -0.610. The Kier molecular flexibility index (Phi) is 6.30. The van der Waals surface area contributed by atoms with Crippen molar-refractivity contribution in [1.29, 1.82) is 0 Å². The minimum Gasteiger partial charge on any atom is -0.497 e. The normalized spacial score (nSPS) is 11.6. The van der Waals surface area contributed by atoms with Gasteiger partial charge in [0.25, 0.3) is 0 Å². The summed E-state index contributed by atoms with van der Waals surface area (Å²) in [6.07, 6.45) is 0. The van der Waals surface area contributed by atoms with Gasteiger partial charge in [0.15, 0.2) is 5.92 Å². The SMILES string of the molecule is COC(=O)C(C(=O)OC)[C@@H](C[N+](=O)[O-])c1ccc(OC)cc1. The van der Waals surface area contributed by atoms with Gasteiger partial charge in [0.1, 0.15) is 5.75 Å². The number of benzene rings is 1. The van der Waals surface area contributed by atoms with Crippen LogP contribution in [0.25, 0.3) is 0 Å². The number of methoxy groups -OCH3 is 3. The lowest BCUT2D eigenvalue weighted by Gasteiger charge is -2.20. The third-order valence-corrected chi connectivity index (χ3v) is 3.20. The molecule has 0 unspecified atom stereocenters. The quantitative estimate of drug-likeness (QED) is 0.320. The van der Waals surface area contributed by atoms with Crippen molar-refractivity contribution < 1.29 is 28.7 Å². The molecule has 1 atom stereocenters. The molecule has 0 aliphatic heterocycles. The summed E-state index contributed by atoms with van der Waals surface area (Å²) in [5, 5.41) is 10.9. The Bertz CT molecular complexity index is 525. The van der Waals surface area contributed by atoms with Gasteiger partial charge in [-0.05, 0) is 17.7 Å². The van der Waals surface area contributed by atoms with Crippen molar-refractivity contribution in [1.82, 2.24) is 0 Å². The van der Waals surface area contributed by atoms with Crippen LogP contribution in [-0.4, -0.2) is 44.7 Å². The van der Waals surface area contributed by atoms with Crippen LogP contribution in [0.2, 0.25) is 0 Å². The summed E-state index contributed by atoms with van der Waals surface area (Å²) in [4.78, 5) is 34.0. The Balaban J connectivity index is 3.25. The zero-order valence-electron chi connectivity index (χ0n) is 12.5. The van der Waals surface area contributed by atoms with E-state index in [0.29, 0.717) is 11.3 Å². The third kappa shape index (κ3) is 4.18. The molecule has 0 bridgehead atoms. The zero-order valence-corrected chi connectivity index (χ0v) is 12.5. The predicted octanol–water partition coefficient (Wildman–Crippen LogP) is 1.02. The van der Waals surface area contributed by atoms with Crippen molar-refractivity contribution in [2.24, 2.45) is 5.92 Å². The van der Waals surface area contributed by atoms with Gasteiger partial charge < -0.3 is 14.2 Å². The Hall–Kier alpha value is -2.64. The molecule has 0 aliphatic rings. The van der Waals surface area contributed by atoms with Crippen molar-refractivity contribution in [2.75, 3.05) is 27.9 Å². The first-order valence-electron chi connectivity index (χ1n) is 6.36. The van der Waals surface area contributed by atoms with E-state index in [9.17, 15) is 19.7 Å². The highest BCUT2D eigenvalue weighted by molar-refractivity contribution is 5.96. The molecule has 22 heavy (non-hydrogen) atoms. The zero-order chi connectivity index (χ0) is 16.7. The fourth-order valence-corrected chi connectivity index (χ4v) is 2.09. The molecule has 120 valence electrons. The molecule has 0 radical (unpaired) electrons. The molecule has 0 spiro atoms. The lowest BCUT2D eigenvalue weighted by atomic mass is 9.85. The van der Waals surface area contributed by atoms with Crippen molar-refractivity contribution in [3.63, 3.8) is 0 Å². The lowest BCUT2D eigenvalue weighted by Crippen LogP contribution is -2.35. The molecule has 1 aromatic rings. The van der Waals surface area contributed by atoms with E-state index in [1.165, 1.54) is 7.11 Å². The second-order valence-corrected chi connectivity index (χ2v) is 4.42. The number of nitrogens with zero attached hydrogens (tertiary/aromatic N) is 1. The number of carbonyl (C=O) groups excluding carboxylic acids is 2. The monoisotopic (exact) mass is 311 g/mol. The van der Waals surface area contributed by atoms with E-state index in [0.717, 1.165) is 14.2 Å². The smallest absolute Gasteiger partial charge is 0.320 e. The Labute approximate surface area is 127 Å². The van der Waals surface area contributed by atoms with E-state index in [1.54, 1.807) is 24.3 Å². The van der Waals surface area contributed by atoms with Crippen LogP contribution in [0.4, 0.5) is 0 Å². The first-order valence-corrected chi connectivity index (χ1v) is 6.36. The Morgan fingerprint density at radius 2 is 1.59 bits per heavy atom. The van der Waals surface area contributed by atoms with Crippen molar-refractivity contribution >= 4 is 11.9 Å². The number of hydrogen-bond acceptors (Lipinski definition) is 7. The summed E-state index contributed by atoms with van der Waals surface area (Å²) in [5.41, 5.74) is 0.443. The number of hydrogen-bond donors (Lipinski definition) is 0. The van der Waals surface area contributed by atoms with Gasteiger partial charge >= 0.3 is 11.9 Å². The Morgan fingerprint density at radius 3 is 1.95 bits per heavy atom. The molecule has 1 rings (SSSR count). The maximum Gasteiger partial charge on any atom is 0.320 e. The van der Waals surface area contributed by atoms with Gasteiger partial charge in [-0.25, -0.2) is 0 Å². The number of esters is 2. The van der Waals surface area contributed by atoms with Crippen molar-refractivity contribution in [3.8, 4) is 5.75 Å². The van der Waals surface area contributed by atoms with Crippen LogP contribution in [0.5, 0.6) is 5.75 Å². The molecular weight excluding hydrogens is 294 g/mol. The molecule has 0 aromatic heterocycles. The summed E-state index contributed by atoms with van der Waals surface area (Å²) in [7, 11) is 3.69. The standard InChI is InChI=1S/C14H17NO7/c1-20-10-6-4-9(5-7-10)11(8-15(18)19)12(13(16)21-2)14(17)22-3/h4-7,11-12H,8H2,1-3H3/t11-/m0/s1. The summed E-state index contributed by atoms with van der Waals surface area (Å²) in [5.74, 6) is -3.62. The first kappa shape index (κ1) is 17.4. The van der Waals surface area contributed by atoms with Gasteiger partial charge in [-0.2, -0.15) is 0 Å². The minimum absolute atomic E-state index is 0.443. The number of ether oxygens (including phenoxy) is 3. The van der Waals surface area contributed by atoms with E-state index in [4.69, 9.17) is 4.74 Å². The molecule has 0 saturated heterocycles.